The number of carbonyl (C=O) groups is 1. The highest BCUT2D eigenvalue weighted by Gasteiger charge is 2.32. The van der Waals surface area contributed by atoms with Crippen molar-refractivity contribution < 1.29 is 9.53 Å². The van der Waals surface area contributed by atoms with Crippen LogP contribution in [0.5, 0.6) is 0 Å². The van der Waals surface area contributed by atoms with Gasteiger partial charge in [0.15, 0.2) is 0 Å². The van der Waals surface area contributed by atoms with Gasteiger partial charge in [-0.25, -0.2) is 0 Å². The second-order valence-corrected chi connectivity index (χ2v) is 4.84. The van der Waals surface area contributed by atoms with Crippen molar-refractivity contribution in [2.24, 2.45) is 17.6 Å². The standard InChI is InChI=1S/C12H24N2O2/c1-4-16-10-5-9(6-10)14-12(15)11(7-13)8(2)3/h8-11H,4-7,13H2,1-3H3,(H,14,15). The Morgan fingerprint density at radius 1 is 1.50 bits per heavy atom. The van der Waals surface area contributed by atoms with Gasteiger partial charge in [0.1, 0.15) is 0 Å². The second kappa shape index (κ2) is 6.21. The van der Waals surface area contributed by atoms with E-state index < -0.39 is 0 Å². The Bertz CT molecular complexity index is 225. The fourth-order valence-electron chi connectivity index (χ4n) is 2.05. The Labute approximate surface area is 97.9 Å². The van der Waals surface area contributed by atoms with Gasteiger partial charge in [0, 0.05) is 19.2 Å². The number of nitrogens with one attached hydrogen (secondary N) is 1. The lowest BCUT2D eigenvalue weighted by Crippen LogP contribution is -2.51. The molecule has 94 valence electrons. The molecule has 0 radical (unpaired) electrons. The second-order valence-electron chi connectivity index (χ2n) is 4.84. The highest BCUT2D eigenvalue weighted by molar-refractivity contribution is 5.79. The van der Waals surface area contributed by atoms with E-state index >= 15 is 0 Å². The van der Waals surface area contributed by atoms with Crippen LogP contribution < -0.4 is 11.1 Å². The molecule has 4 heteroatoms. The van der Waals surface area contributed by atoms with Crippen LogP contribution in [0, 0.1) is 11.8 Å². The van der Waals surface area contributed by atoms with Gasteiger partial charge in [-0.15, -0.1) is 0 Å². The van der Waals surface area contributed by atoms with Gasteiger partial charge in [0.2, 0.25) is 5.91 Å². The number of rotatable bonds is 6. The lowest BCUT2D eigenvalue weighted by molar-refractivity contribution is -0.128. The van der Waals surface area contributed by atoms with Crippen LogP contribution in [-0.4, -0.2) is 31.2 Å². The van der Waals surface area contributed by atoms with Gasteiger partial charge in [0.05, 0.1) is 12.0 Å². The van der Waals surface area contributed by atoms with Crippen LogP contribution in [0.15, 0.2) is 0 Å². The predicted molar refractivity (Wildman–Crippen MR) is 64.0 cm³/mol. The number of ether oxygens (including phenoxy) is 1. The summed E-state index contributed by atoms with van der Waals surface area (Å²) >= 11 is 0. The summed E-state index contributed by atoms with van der Waals surface area (Å²) in [6, 6.07) is 0.289. The van der Waals surface area contributed by atoms with Crippen LogP contribution in [0.3, 0.4) is 0 Å². The van der Waals surface area contributed by atoms with E-state index in [0.717, 1.165) is 19.4 Å². The third-order valence-corrected chi connectivity index (χ3v) is 3.24. The minimum Gasteiger partial charge on any atom is -0.378 e. The number of hydrogen-bond donors (Lipinski definition) is 2. The molecule has 1 aliphatic rings. The topological polar surface area (TPSA) is 64.3 Å². The van der Waals surface area contributed by atoms with Crippen LogP contribution in [0.4, 0.5) is 0 Å². The number of nitrogens with two attached hydrogens (primary N) is 1. The molecule has 1 atom stereocenters. The maximum absolute atomic E-state index is 11.9. The Morgan fingerprint density at radius 3 is 2.56 bits per heavy atom. The quantitative estimate of drug-likeness (QED) is 0.710. The van der Waals surface area contributed by atoms with E-state index in [1.165, 1.54) is 0 Å². The smallest absolute Gasteiger partial charge is 0.224 e. The molecule has 1 rings (SSSR count). The zero-order valence-electron chi connectivity index (χ0n) is 10.5. The lowest BCUT2D eigenvalue weighted by atomic mass is 9.87. The first-order valence-electron chi connectivity index (χ1n) is 6.20. The summed E-state index contributed by atoms with van der Waals surface area (Å²) in [4.78, 5) is 11.9. The Hall–Kier alpha value is -0.610. The largest absolute Gasteiger partial charge is 0.378 e. The zero-order chi connectivity index (χ0) is 12.1. The van der Waals surface area contributed by atoms with Gasteiger partial charge in [-0.2, -0.15) is 0 Å². The molecule has 1 amide bonds. The van der Waals surface area contributed by atoms with E-state index in [1.54, 1.807) is 0 Å². The molecule has 16 heavy (non-hydrogen) atoms. The van der Waals surface area contributed by atoms with Gasteiger partial charge in [-0.05, 0) is 25.7 Å². The molecule has 4 nitrogen and oxygen atoms in total. The molecule has 1 aliphatic carbocycles. The highest BCUT2D eigenvalue weighted by Crippen LogP contribution is 2.24. The molecule has 1 fully saturated rings. The average molecular weight is 228 g/mol. The Balaban J connectivity index is 2.25. The molecule has 1 unspecified atom stereocenters. The Kier molecular flexibility index (Phi) is 5.22. The van der Waals surface area contributed by atoms with Crippen LogP contribution in [0.25, 0.3) is 0 Å². The maximum Gasteiger partial charge on any atom is 0.224 e. The van der Waals surface area contributed by atoms with Crippen molar-refractivity contribution in [2.75, 3.05) is 13.2 Å². The summed E-state index contributed by atoms with van der Waals surface area (Å²) in [6.07, 6.45) is 2.22. The average Bonchev–Trinajstić information content (AvgIpc) is 2.15. The molecular formula is C12H24N2O2. The summed E-state index contributed by atoms with van der Waals surface area (Å²) in [7, 11) is 0. The number of amides is 1. The first-order chi connectivity index (χ1) is 7.58. The number of carbonyl (C=O) groups excluding carboxylic acids is 1. The van der Waals surface area contributed by atoms with E-state index in [-0.39, 0.29) is 17.9 Å². The Morgan fingerprint density at radius 2 is 2.12 bits per heavy atom. The fourth-order valence-corrected chi connectivity index (χ4v) is 2.05. The van der Waals surface area contributed by atoms with Crippen LogP contribution in [-0.2, 0) is 9.53 Å². The molecule has 3 N–H and O–H groups in total. The summed E-state index contributed by atoms with van der Waals surface area (Å²) in [5.74, 6) is 0.330. The molecule has 0 saturated heterocycles. The van der Waals surface area contributed by atoms with Crippen molar-refractivity contribution in [2.45, 2.75) is 45.8 Å². The summed E-state index contributed by atoms with van der Waals surface area (Å²) in [6.45, 7) is 7.23. The molecule has 0 heterocycles. The van der Waals surface area contributed by atoms with Gasteiger partial charge >= 0.3 is 0 Å². The first kappa shape index (κ1) is 13.5. The van der Waals surface area contributed by atoms with E-state index in [9.17, 15) is 4.79 Å². The van der Waals surface area contributed by atoms with Crippen molar-refractivity contribution in [3.63, 3.8) is 0 Å². The van der Waals surface area contributed by atoms with Crippen molar-refractivity contribution >= 4 is 5.91 Å². The van der Waals surface area contributed by atoms with Crippen molar-refractivity contribution in [3.05, 3.63) is 0 Å². The molecule has 0 aliphatic heterocycles. The minimum absolute atomic E-state index is 0.0638. The SMILES string of the molecule is CCOC1CC(NC(=O)C(CN)C(C)C)C1. The first-order valence-corrected chi connectivity index (χ1v) is 6.20. The van der Waals surface area contributed by atoms with Gasteiger partial charge in [-0.3, -0.25) is 4.79 Å². The minimum atomic E-state index is -0.0638. The summed E-state index contributed by atoms with van der Waals surface area (Å²) in [5.41, 5.74) is 5.60. The van der Waals surface area contributed by atoms with E-state index in [2.05, 4.69) is 5.32 Å². The van der Waals surface area contributed by atoms with Crippen molar-refractivity contribution in [1.82, 2.24) is 5.32 Å². The predicted octanol–water partition coefficient (Wildman–Crippen LogP) is 0.901. The summed E-state index contributed by atoms with van der Waals surface area (Å²) < 4.78 is 5.45. The lowest BCUT2D eigenvalue weighted by Gasteiger charge is -2.36. The van der Waals surface area contributed by atoms with Gasteiger partial charge in [-0.1, -0.05) is 13.8 Å². The summed E-state index contributed by atoms with van der Waals surface area (Å²) in [5, 5.41) is 3.04. The maximum atomic E-state index is 11.9. The van der Waals surface area contributed by atoms with E-state index in [0.29, 0.717) is 18.6 Å². The molecule has 0 aromatic heterocycles. The molecule has 0 aromatic rings. The van der Waals surface area contributed by atoms with Crippen LogP contribution in [0.2, 0.25) is 0 Å². The third kappa shape index (κ3) is 3.46. The fraction of sp³-hybridized carbons (Fsp3) is 0.917. The van der Waals surface area contributed by atoms with Crippen molar-refractivity contribution in [1.29, 1.82) is 0 Å². The monoisotopic (exact) mass is 228 g/mol. The van der Waals surface area contributed by atoms with Crippen molar-refractivity contribution in [3.8, 4) is 0 Å². The van der Waals surface area contributed by atoms with Crippen LogP contribution >= 0.6 is 0 Å². The zero-order valence-corrected chi connectivity index (χ0v) is 10.5. The molecule has 0 aromatic carbocycles. The van der Waals surface area contributed by atoms with Gasteiger partial charge in [0.25, 0.3) is 0 Å². The normalized spacial score (nSPS) is 26.3. The molecular weight excluding hydrogens is 204 g/mol. The highest BCUT2D eigenvalue weighted by atomic mass is 16.5. The molecule has 0 spiro atoms. The molecule has 1 saturated carbocycles. The third-order valence-electron chi connectivity index (χ3n) is 3.24. The number of hydrogen-bond acceptors (Lipinski definition) is 3. The van der Waals surface area contributed by atoms with Crippen LogP contribution in [0.1, 0.15) is 33.6 Å². The van der Waals surface area contributed by atoms with E-state index in [1.807, 2.05) is 20.8 Å². The van der Waals surface area contributed by atoms with Gasteiger partial charge < -0.3 is 15.8 Å². The molecule has 0 bridgehead atoms. The van der Waals surface area contributed by atoms with E-state index in [4.69, 9.17) is 10.5 Å².